The fraction of sp³-hybridized carbons (Fsp3) is 0.212. The Morgan fingerprint density at radius 3 is 1.98 bits per heavy atom. The molecular weight excluding hydrogens is 516 g/mol. The van der Waals surface area contributed by atoms with Crippen LogP contribution in [0.5, 0.6) is 0 Å². The van der Waals surface area contributed by atoms with Crippen molar-refractivity contribution in [2.75, 3.05) is 37.4 Å². The molecule has 1 fully saturated rings. The average Bonchev–Trinajstić information content (AvgIpc) is 3.01. The van der Waals surface area contributed by atoms with E-state index >= 15 is 0 Å². The van der Waals surface area contributed by atoms with Gasteiger partial charge in [0, 0.05) is 59.5 Å². The van der Waals surface area contributed by atoms with Gasteiger partial charge in [-0.1, -0.05) is 6.07 Å². The Hall–Kier alpha value is -4.66. The highest BCUT2D eigenvalue weighted by atomic mass is 16.3. The van der Waals surface area contributed by atoms with Gasteiger partial charge in [0.2, 0.25) is 0 Å². The number of amides is 2. The summed E-state index contributed by atoms with van der Waals surface area (Å²) in [4.78, 5) is 45.3. The van der Waals surface area contributed by atoms with Crippen molar-refractivity contribution >= 4 is 34.7 Å². The van der Waals surface area contributed by atoms with Gasteiger partial charge in [-0.15, -0.1) is 0 Å². The number of carbonyl (C=O) groups excluding carboxylic acids is 3. The summed E-state index contributed by atoms with van der Waals surface area (Å²) >= 11 is 0. The zero-order chi connectivity index (χ0) is 29.0. The van der Waals surface area contributed by atoms with Crippen molar-refractivity contribution in [3.8, 4) is 0 Å². The van der Waals surface area contributed by atoms with Crippen molar-refractivity contribution in [3.63, 3.8) is 0 Å². The second-order valence-corrected chi connectivity index (χ2v) is 10.6. The molecule has 0 unspecified atom stereocenters. The predicted octanol–water partition coefficient (Wildman–Crippen LogP) is 4.93. The topological polar surface area (TPSA) is 99.6 Å². The molecule has 4 aromatic rings. The lowest BCUT2D eigenvalue weighted by Crippen LogP contribution is -2.46. The SMILES string of the molecule is C[N+](C)(C(=O)c1ccccn1)c1ccc(C(=O)c2ccc(NC(=O)c3ccc(N4CCC(O)CC4)cc3)cc2)cc1. The number of quaternary nitrogens is 1. The molecule has 0 bridgehead atoms. The van der Waals surface area contributed by atoms with E-state index in [1.54, 1.807) is 99.2 Å². The minimum absolute atomic E-state index is 0.0367. The van der Waals surface area contributed by atoms with Crippen LogP contribution in [0.15, 0.2) is 97.2 Å². The Morgan fingerprint density at radius 1 is 0.805 bits per heavy atom. The van der Waals surface area contributed by atoms with Gasteiger partial charge in [-0.2, -0.15) is 0 Å². The number of anilines is 2. The molecule has 1 aliphatic heterocycles. The van der Waals surface area contributed by atoms with Gasteiger partial charge in [-0.05, 0) is 85.6 Å². The summed E-state index contributed by atoms with van der Waals surface area (Å²) in [7, 11) is 3.58. The second kappa shape index (κ2) is 11.8. The van der Waals surface area contributed by atoms with Crippen molar-refractivity contribution in [1.82, 2.24) is 9.47 Å². The van der Waals surface area contributed by atoms with Crippen LogP contribution < -0.4 is 14.7 Å². The molecule has 2 N–H and O–H groups in total. The molecule has 0 spiro atoms. The van der Waals surface area contributed by atoms with Gasteiger partial charge in [0.05, 0.1) is 20.2 Å². The summed E-state index contributed by atoms with van der Waals surface area (Å²) in [6.07, 6.45) is 2.85. The number of nitrogens with one attached hydrogen (secondary N) is 1. The quantitative estimate of drug-likeness (QED) is 0.250. The molecule has 41 heavy (non-hydrogen) atoms. The van der Waals surface area contributed by atoms with Crippen molar-refractivity contribution < 1.29 is 19.5 Å². The molecule has 0 aliphatic carbocycles. The average molecular weight is 550 g/mol. The van der Waals surface area contributed by atoms with Crippen LogP contribution in [0.1, 0.15) is 49.6 Å². The summed E-state index contributed by atoms with van der Waals surface area (Å²) in [5.41, 5.74) is 4.26. The molecule has 5 rings (SSSR count). The van der Waals surface area contributed by atoms with Crippen LogP contribution in [-0.4, -0.2) is 61.0 Å². The molecule has 8 heteroatoms. The summed E-state index contributed by atoms with van der Waals surface area (Å²) < 4.78 is -0.0367. The summed E-state index contributed by atoms with van der Waals surface area (Å²) in [6.45, 7) is 1.59. The maximum absolute atomic E-state index is 13.1. The number of ketones is 1. The van der Waals surface area contributed by atoms with E-state index in [0.29, 0.717) is 28.1 Å². The summed E-state index contributed by atoms with van der Waals surface area (Å²) in [5, 5.41) is 12.6. The van der Waals surface area contributed by atoms with E-state index in [9.17, 15) is 19.5 Å². The lowest BCUT2D eigenvalue weighted by Gasteiger charge is -2.31. The molecule has 1 aromatic heterocycles. The number of nitrogens with zero attached hydrogens (tertiary/aromatic N) is 3. The number of hydrogen-bond acceptors (Lipinski definition) is 6. The number of piperidine rings is 1. The van der Waals surface area contributed by atoms with Crippen LogP contribution in [0.3, 0.4) is 0 Å². The Bertz CT molecular complexity index is 1530. The Kier molecular flexibility index (Phi) is 8.05. The van der Waals surface area contributed by atoms with Gasteiger partial charge in [-0.3, -0.25) is 9.59 Å². The standard InChI is InChI=1S/C33H32N4O4/c1-37(2,33(41)30-5-3-4-20-34-30)28-16-10-24(11-17-28)31(39)23-6-12-26(13-7-23)35-32(40)25-8-14-27(15-9-25)36-21-18-29(38)19-22-36/h3-17,20,29,38H,18-19,21-22H2,1-2H3/p+1. The van der Waals surface area contributed by atoms with Crippen LogP contribution in [0.2, 0.25) is 0 Å². The van der Waals surface area contributed by atoms with Gasteiger partial charge < -0.3 is 15.3 Å². The Balaban J connectivity index is 1.20. The fourth-order valence-electron chi connectivity index (χ4n) is 4.90. The Labute approximate surface area is 239 Å². The molecule has 2 amide bonds. The molecule has 1 aliphatic rings. The number of rotatable bonds is 7. The zero-order valence-corrected chi connectivity index (χ0v) is 23.2. The van der Waals surface area contributed by atoms with Crippen molar-refractivity contribution in [3.05, 3.63) is 120 Å². The lowest BCUT2D eigenvalue weighted by molar-refractivity contribution is 0.0825. The van der Waals surface area contributed by atoms with E-state index in [4.69, 9.17) is 0 Å². The molecular formula is C33H33N4O4+. The third-order valence-corrected chi connectivity index (χ3v) is 7.53. The normalized spacial score (nSPS) is 14.0. The fourth-order valence-corrected chi connectivity index (χ4v) is 4.90. The molecule has 3 aromatic carbocycles. The third kappa shape index (κ3) is 6.24. The number of carbonyl (C=O) groups is 3. The molecule has 0 saturated carbocycles. The number of aromatic nitrogens is 1. The largest absolute Gasteiger partial charge is 0.393 e. The molecule has 8 nitrogen and oxygen atoms in total. The molecule has 2 heterocycles. The van der Waals surface area contributed by atoms with E-state index in [1.165, 1.54) is 0 Å². The zero-order valence-electron chi connectivity index (χ0n) is 23.2. The first-order chi connectivity index (χ1) is 19.7. The number of aliphatic hydroxyl groups excluding tert-OH is 1. The summed E-state index contributed by atoms with van der Waals surface area (Å²) in [5.74, 6) is -0.543. The van der Waals surface area contributed by atoms with Crippen molar-refractivity contribution in [2.45, 2.75) is 18.9 Å². The van der Waals surface area contributed by atoms with E-state index < -0.39 is 0 Å². The van der Waals surface area contributed by atoms with Crippen LogP contribution in [0.4, 0.5) is 17.1 Å². The summed E-state index contributed by atoms with van der Waals surface area (Å²) in [6, 6.07) is 26.4. The predicted molar refractivity (Wildman–Crippen MR) is 160 cm³/mol. The number of pyridine rings is 1. The van der Waals surface area contributed by atoms with Gasteiger partial charge in [-0.25, -0.2) is 14.3 Å². The Morgan fingerprint density at radius 2 is 1.39 bits per heavy atom. The highest BCUT2D eigenvalue weighted by Crippen LogP contribution is 2.24. The molecule has 0 atom stereocenters. The van der Waals surface area contributed by atoms with E-state index in [2.05, 4.69) is 15.2 Å². The maximum Gasteiger partial charge on any atom is 0.368 e. The third-order valence-electron chi connectivity index (χ3n) is 7.53. The van der Waals surface area contributed by atoms with E-state index in [1.807, 2.05) is 12.1 Å². The van der Waals surface area contributed by atoms with Gasteiger partial charge in [0.1, 0.15) is 5.69 Å². The first-order valence-electron chi connectivity index (χ1n) is 13.6. The molecule has 208 valence electrons. The smallest absolute Gasteiger partial charge is 0.368 e. The van der Waals surface area contributed by atoms with Crippen molar-refractivity contribution in [1.29, 1.82) is 0 Å². The monoisotopic (exact) mass is 549 g/mol. The van der Waals surface area contributed by atoms with Crippen LogP contribution in [0, 0.1) is 0 Å². The van der Waals surface area contributed by atoms with Crippen molar-refractivity contribution in [2.24, 2.45) is 0 Å². The first kappa shape index (κ1) is 27.9. The first-order valence-corrected chi connectivity index (χ1v) is 13.6. The maximum atomic E-state index is 13.1. The van der Waals surface area contributed by atoms with Crippen LogP contribution in [0.25, 0.3) is 0 Å². The highest BCUT2D eigenvalue weighted by molar-refractivity contribution is 6.10. The highest BCUT2D eigenvalue weighted by Gasteiger charge is 2.31. The lowest BCUT2D eigenvalue weighted by atomic mass is 10.0. The van der Waals surface area contributed by atoms with E-state index in [-0.39, 0.29) is 28.2 Å². The molecule has 0 radical (unpaired) electrons. The van der Waals surface area contributed by atoms with Gasteiger partial charge >= 0.3 is 5.91 Å². The number of hydrogen-bond donors (Lipinski definition) is 2. The number of benzene rings is 3. The van der Waals surface area contributed by atoms with E-state index in [0.717, 1.165) is 37.3 Å². The second-order valence-electron chi connectivity index (χ2n) is 10.6. The van der Waals surface area contributed by atoms with Crippen LogP contribution in [-0.2, 0) is 0 Å². The van der Waals surface area contributed by atoms with Crippen LogP contribution >= 0.6 is 0 Å². The van der Waals surface area contributed by atoms with Gasteiger partial charge in [0.15, 0.2) is 11.5 Å². The number of aliphatic hydroxyl groups is 1. The minimum Gasteiger partial charge on any atom is -0.393 e. The minimum atomic E-state index is -0.235. The van der Waals surface area contributed by atoms with Gasteiger partial charge in [0.25, 0.3) is 5.91 Å². The molecule has 1 saturated heterocycles.